The molecular weight excluding hydrogens is 341 g/mol. The lowest BCUT2D eigenvalue weighted by atomic mass is 10.1. The van der Waals surface area contributed by atoms with Crippen molar-refractivity contribution in [2.75, 3.05) is 26.2 Å². The van der Waals surface area contributed by atoms with Crippen LogP contribution in [0.3, 0.4) is 0 Å². The van der Waals surface area contributed by atoms with E-state index in [0.717, 1.165) is 27.3 Å². The Balaban J connectivity index is 2.22. The molecule has 2 nitrogen and oxygen atoms in total. The molecule has 1 aliphatic heterocycles. The van der Waals surface area contributed by atoms with Gasteiger partial charge in [-0.3, -0.25) is 4.90 Å². The second-order valence-electron chi connectivity index (χ2n) is 4.73. The summed E-state index contributed by atoms with van der Waals surface area (Å²) in [6.07, 6.45) is -4.92. The highest BCUT2D eigenvalue weighted by Gasteiger charge is 2.36. The zero-order valence-electron chi connectivity index (χ0n) is 10.6. The number of hydrogen-bond acceptors (Lipinski definition) is 3. The predicted molar refractivity (Wildman–Crippen MR) is 74.6 cm³/mol. The number of alkyl halides is 3. The summed E-state index contributed by atoms with van der Waals surface area (Å²) in [7, 11) is 0. The summed E-state index contributed by atoms with van der Waals surface area (Å²) in [6.45, 7) is 4.73. The summed E-state index contributed by atoms with van der Waals surface area (Å²) < 4.78 is 39.3. The Bertz CT molecular complexity index is 408. The van der Waals surface area contributed by atoms with E-state index in [4.69, 9.17) is 0 Å². The minimum absolute atomic E-state index is 0.558. The van der Waals surface area contributed by atoms with Gasteiger partial charge in [0.25, 0.3) is 0 Å². The van der Waals surface area contributed by atoms with Gasteiger partial charge in [0.1, 0.15) is 0 Å². The Hall–Kier alpha value is -0.110. The third kappa shape index (κ3) is 4.18. The molecule has 1 aliphatic rings. The molecule has 0 aliphatic carbocycles. The van der Waals surface area contributed by atoms with Crippen molar-refractivity contribution in [3.63, 3.8) is 0 Å². The highest BCUT2D eigenvalue weighted by Crippen LogP contribution is 2.39. The molecule has 2 rings (SSSR count). The van der Waals surface area contributed by atoms with Gasteiger partial charge in [0.15, 0.2) is 0 Å². The summed E-state index contributed by atoms with van der Waals surface area (Å²) >= 11 is 4.81. The van der Waals surface area contributed by atoms with Gasteiger partial charge in [0.05, 0.1) is 16.2 Å². The van der Waals surface area contributed by atoms with Crippen LogP contribution in [0.1, 0.15) is 22.9 Å². The normalized spacial score (nSPS) is 19.6. The van der Waals surface area contributed by atoms with Crippen LogP contribution in [0.4, 0.5) is 13.2 Å². The van der Waals surface area contributed by atoms with E-state index in [1.54, 1.807) is 0 Å². The van der Waals surface area contributed by atoms with E-state index in [1.807, 2.05) is 17.9 Å². The van der Waals surface area contributed by atoms with E-state index in [-0.39, 0.29) is 0 Å². The molecule has 0 aromatic carbocycles. The number of nitrogens with zero attached hydrogens (tertiary/aromatic N) is 1. The Kier molecular flexibility index (Phi) is 4.92. The number of piperazine rings is 1. The molecule has 1 fully saturated rings. The summed E-state index contributed by atoms with van der Waals surface area (Å²) in [5, 5.41) is 3.17. The maximum atomic E-state index is 12.8. The first-order valence-electron chi connectivity index (χ1n) is 6.14. The van der Waals surface area contributed by atoms with Crippen LogP contribution in [-0.2, 0) is 0 Å². The Morgan fingerprint density at radius 1 is 1.42 bits per heavy atom. The first-order chi connectivity index (χ1) is 8.87. The third-order valence-corrected chi connectivity index (χ3v) is 5.46. The first-order valence-corrected chi connectivity index (χ1v) is 7.75. The summed E-state index contributed by atoms with van der Waals surface area (Å²) in [5.74, 6) is 0. The maximum absolute atomic E-state index is 12.8. The van der Waals surface area contributed by atoms with E-state index >= 15 is 0 Å². The van der Waals surface area contributed by atoms with Crippen molar-refractivity contribution in [2.24, 2.45) is 0 Å². The molecule has 2 heterocycles. The fraction of sp³-hybridized carbons (Fsp3) is 0.667. The lowest BCUT2D eigenvalue weighted by Crippen LogP contribution is -2.45. The van der Waals surface area contributed by atoms with E-state index in [1.165, 1.54) is 11.3 Å². The van der Waals surface area contributed by atoms with Crippen LogP contribution >= 0.6 is 27.3 Å². The minimum atomic E-state index is -4.14. The maximum Gasteiger partial charge on any atom is 0.390 e. The van der Waals surface area contributed by atoms with Crippen LogP contribution in [0.25, 0.3) is 0 Å². The highest BCUT2D eigenvalue weighted by atomic mass is 79.9. The molecule has 1 saturated heterocycles. The van der Waals surface area contributed by atoms with Gasteiger partial charge in [-0.2, -0.15) is 13.2 Å². The van der Waals surface area contributed by atoms with Gasteiger partial charge in [0.2, 0.25) is 0 Å². The number of aryl methyl sites for hydroxylation is 1. The first kappa shape index (κ1) is 15.3. The molecule has 0 bridgehead atoms. The number of halogens is 4. The number of hydrogen-bond donors (Lipinski definition) is 1. The summed E-state index contributed by atoms with van der Waals surface area (Å²) in [4.78, 5) is 2.73. The highest BCUT2D eigenvalue weighted by molar-refractivity contribution is 9.11. The van der Waals surface area contributed by atoms with Crippen LogP contribution in [0.5, 0.6) is 0 Å². The fourth-order valence-electron chi connectivity index (χ4n) is 2.27. The molecule has 0 amide bonds. The van der Waals surface area contributed by atoms with Gasteiger partial charge in [-0.1, -0.05) is 0 Å². The van der Waals surface area contributed by atoms with Crippen molar-refractivity contribution in [3.05, 3.63) is 20.3 Å². The van der Waals surface area contributed by atoms with Crippen LogP contribution in [0, 0.1) is 6.92 Å². The third-order valence-electron chi connectivity index (χ3n) is 3.22. The topological polar surface area (TPSA) is 15.3 Å². The lowest BCUT2D eigenvalue weighted by Gasteiger charge is -2.34. The molecule has 0 unspecified atom stereocenters. The molecule has 1 N–H and O–H groups in total. The van der Waals surface area contributed by atoms with Crippen molar-refractivity contribution < 1.29 is 13.2 Å². The molecular formula is C12H16BrF3N2S. The van der Waals surface area contributed by atoms with Crippen LogP contribution in [0.15, 0.2) is 9.85 Å². The van der Waals surface area contributed by atoms with E-state index in [2.05, 4.69) is 21.2 Å². The SMILES string of the molecule is Cc1cc([C@H](CC(F)(F)F)N2CCNCC2)sc1Br. The summed E-state index contributed by atoms with van der Waals surface area (Å²) in [6, 6.07) is 1.31. The van der Waals surface area contributed by atoms with E-state index < -0.39 is 18.6 Å². The van der Waals surface area contributed by atoms with E-state index in [9.17, 15) is 13.2 Å². The van der Waals surface area contributed by atoms with Gasteiger partial charge in [-0.15, -0.1) is 11.3 Å². The van der Waals surface area contributed by atoms with Crippen LogP contribution in [0.2, 0.25) is 0 Å². The zero-order valence-corrected chi connectivity index (χ0v) is 13.0. The number of thiophene rings is 1. The quantitative estimate of drug-likeness (QED) is 0.887. The average Bonchev–Trinajstić information content (AvgIpc) is 2.66. The van der Waals surface area contributed by atoms with Gasteiger partial charge >= 0.3 is 6.18 Å². The lowest BCUT2D eigenvalue weighted by molar-refractivity contribution is -0.148. The molecule has 0 radical (unpaired) electrons. The number of nitrogens with one attached hydrogen (secondary N) is 1. The largest absolute Gasteiger partial charge is 0.390 e. The van der Waals surface area contributed by atoms with Crippen molar-refractivity contribution in [2.45, 2.75) is 25.6 Å². The molecule has 0 saturated carbocycles. The van der Waals surface area contributed by atoms with Gasteiger partial charge in [0, 0.05) is 31.1 Å². The molecule has 1 aromatic rings. The zero-order chi connectivity index (χ0) is 14.0. The average molecular weight is 357 g/mol. The molecule has 1 atom stereocenters. The second kappa shape index (κ2) is 6.11. The molecule has 1 aromatic heterocycles. The van der Waals surface area contributed by atoms with Gasteiger partial charge in [-0.25, -0.2) is 0 Å². The predicted octanol–water partition coefficient (Wildman–Crippen LogP) is 3.72. The molecule has 19 heavy (non-hydrogen) atoms. The smallest absolute Gasteiger partial charge is 0.314 e. The Labute approximate surface area is 123 Å². The summed E-state index contributed by atoms with van der Waals surface area (Å²) in [5.41, 5.74) is 1.00. The number of rotatable bonds is 3. The molecule has 7 heteroatoms. The van der Waals surface area contributed by atoms with Crippen LogP contribution < -0.4 is 5.32 Å². The monoisotopic (exact) mass is 356 g/mol. The van der Waals surface area contributed by atoms with Crippen molar-refractivity contribution in [1.29, 1.82) is 0 Å². The van der Waals surface area contributed by atoms with Crippen molar-refractivity contribution in [3.8, 4) is 0 Å². The standard InChI is InChI=1S/C12H16BrF3N2S/c1-8-6-10(19-11(8)13)9(7-12(14,15)16)18-4-2-17-3-5-18/h6,9,17H,2-5,7H2,1H3/t9-/m0/s1. The molecule has 0 spiro atoms. The van der Waals surface area contributed by atoms with Crippen LogP contribution in [-0.4, -0.2) is 37.3 Å². The second-order valence-corrected chi connectivity index (χ2v) is 7.13. The van der Waals surface area contributed by atoms with E-state index in [0.29, 0.717) is 13.1 Å². The fourth-order valence-corrected chi connectivity index (χ4v) is 3.98. The van der Waals surface area contributed by atoms with Gasteiger partial charge in [-0.05, 0) is 34.5 Å². The Morgan fingerprint density at radius 3 is 2.53 bits per heavy atom. The van der Waals surface area contributed by atoms with Crippen molar-refractivity contribution >= 4 is 27.3 Å². The Morgan fingerprint density at radius 2 is 2.05 bits per heavy atom. The van der Waals surface area contributed by atoms with Crippen molar-refractivity contribution in [1.82, 2.24) is 10.2 Å². The molecule has 108 valence electrons. The minimum Gasteiger partial charge on any atom is -0.314 e. The van der Waals surface area contributed by atoms with Gasteiger partial charge < -0.3 is 5.32 Å².